The summed E-state index contributed by atoms with van der Waals surface area (Å²) in [5.74, 6) is -1.73. The highest BCUT2D eigenvalue weighted by Crippen LogP contribution is 2.39. The molecule has 0 aromatic heterocycles. The molecule has 1 saturated heterocycles. The van der Waals surface area contributed by atoms with Crippen LogP contribution in [0.1, 0.15) is 38.7 Å². The van der Waals surface area contributed by atoms with Crippen LogP contribution in [0.3, 0.4) is 0 Å². The minimum atomic E-state index is -0.853. The number of aryl methyl sites for hydroxylation is 1. The minimum absolute atomic E-state index is 0.0367. The van der Waals surface area contributed by atoms with E-state index in [0.29, 0.717) is 29.0 Å². The Kier molecular flexibility index (Phi) is 8.23. The number of nitrogens with zero attached hydrogens (tertiary/aromatic N) is 1. The number of hydrogen-bond donors (Lipinski definition) is 1. The summed E-state index contributed by atoms with van der Waals surface area (Å²) in [7, 11) is 2.79. The monoisotopic (exact) mass is 515 g/mol. The average Bonchev–Trinajstić information content (AvgIpc) is 3.19. The van der Waals surface area contributed by atoms with E-state index in [9.17, 15) is 19.5 Å². The quantitative estimate of drug-likeness (QED) is 0.195. The fraction of sp³-hybridized carbons (Fsp3) is 0.233. The van der Waals surface area contributed by atoms with E-state index >= 15 is 0 Å². The van der Waals surface area contributed by atoms with Gasteiger partial charge in [0.2, 0.25) is 0 Å². The normalized spacial score (nSPS) is 16.5. The van der Waals surface area contributed by atoms with Crippen molar-refractivity contribution in [2.24, 2.45) is 0 Å². The van der Waals surface area contributed by atoms with Gasteiger partial charge in [0.15, 0.2) is 0 Å². The number of aliphatic hydroxyl groups excluding tert-OH is 1. The second-order valence-electron chi connectivity index (χ2n) is 8.90. The zero-order valence-corrected chi connectivity index (χ0v) is 21.5. The molecule has 1 aliphatic heterocycles. The van der Waals surface area contributed by atoms with Crippen LogP contribution in [0.2, 0.25) is 0 Å². The lowest BCUT2D eigenvalue weighted by Gasteiger charge is -2.25. The molecule has 0 saturated carbocycles. The van der Waals surface area contributed by atoms with E-state index in [1.807, 2.05) is 31.2 Å². The molecule has 1 atom stereocenters. The van der Waals surface area contributed by atoms with Gasteiger partial charge in [-0.3, -0.25) is 9.59 Å². The topological polar surface area (TPSA) is 102 Å². The highest BCUT2D eigenvalue weighted by Gasteiger charge is 2.45. The molecule has 196 valence electrons. The molecule has 38 heavy (non-hydrogen) atoms. The summed E-state index contributed by atoms with van der Waals surface area (Å²) in [6.45, 7) is 2.75. The standard InChI is InChI=1S/C30H29NO7/c1-19-5-4-6-20(17-19)18-38-24-13-11-22(12-14-24)27(32)25-26(31(15-16-36-2)29(34)28(25)33)21-7-9-23(10-8-21)30(35)37-3/h4-14,17,26,32H,15-16,18H2,1-3H3/b27-25+/t26-/m1/s1. The molecule has 1 heterocycles. The van der Waals surface area contributed by atoms with Crippen LogP contribution in [0.25, 0.3) is 5.76 Å². The smallest absolute Gasteiger partial charge is 0.337 e. The average molecular weight is 516 g/mol. The third-order valence-corrected chi connectivity index (χ3v) is 6.34. The van der Waals surface area contributed by atoms with Crippen LogP contribution >= 0.6 is 0 Å². The molecule has 3 aromatic carbocycles. The molecule has 4 rings (SSSR count). The van der Waals surface area contributed by atoms with Gasteiger partial charge in [-0.15, -0.1) is 0 Å². The van der Waals surface area contributed by atoms with Gasteiger partial charge in [-0.1, -0.05) is 42.0 Å². The van der Waals surface area contributed by atoms with Crippen molar-refractivity contribution in [1.82, 2.24) is 4.90 Å². The number of ketones is 1. The van der Waals surface area contributed by atoms with Gasteiger partial charge in [0.25, 0.3) is 11.7 Å². The number of benzene rings is 3. The second-order valence-corrected chi connectivity index (χ2v) is 8.90. The predicted molar refractivity (Wildman–Crippen MR) is 141 cm³/mol. The molecule has 0 unspecified atom stereocenters. The first-order valence-electron chi connectivity index (χ1n) is 12.1. The molecular weight excluding hydrogens is 486 g/mol. The number of Topliss-reactive ketones (excluding diaryl/α,β-unsaturated/α-hetero) is 1. The summed E-state index contributed by atoms with van der Waals surface area (Å²) >= 11 is 0. The first-order chi connectivity index (χ1) is 18.3. The Hall–Kier alpha value is -4.43. The van der Waals surface area contributed by atoms with E-state index in [1.165, 1.54) is 19.1 Å². The molecule has 0 aliphatic carbocycles. The number of carbonyl (C=O) groups is 3. The third-order valence-electron chi connectivity index (χ3n) is 6.34. The summed E-state index contributed by atoms with van der Waals surface area (Å²) in [4.78, 5) is 39.3. The Morgan fingerprint density at radius 3 is 2.26 bits per heavy atom. The molecule has 1 aliphatic rings. The Bertz CT molecular complexity index is 1360. The van der Waals surface area contributed by atoms with Crippen LogP contribution in [0, 0.1) is 6.92 Å². The molecular formula is C30H29NO7. The number of amides is 1. The molecule has 1 fully saturated rings. The molecule has 0 radical (unpaired) electrons. The molecule has 8 nitrogen and oxygen atoms in total. The Morgan fingerprint density at radius 1 is 0.947 bits per heavy atom. The number of aliphatic hydroxyl groups is 1. The van der Waals surface area contributed by atoms with E-state index in [4.69, 9.17) is 14.2 Å². The van der Waals surface area contributed by atoms with Crippen molar-refractivity contribution in [2.45, 2.75) is 19.6 Å². The van der Waals surface area contributed by atoms with Gasteiger partial charge in [-0.05, 0) is 54.4 Å². The lowest BCUT2D eigenvalue weighted by atomic mass is 9.94. The van der Waals surface area contributed by atoms with Crippen molar-refractivity contribution in [1.29, 1.82) is 0 Å². The maximum Gasteiger partial charge on any atom is 0.337 e. The summed E-state index contributed by atoms with van der Waals surface area (Å²) in [6.07, 6.45) is 0. The van der Waals surface area contributed by atoms with Gasteiger partial charge >= 0.3 is 5.97 Å². The highest BCUT2D eigenvalue weighted by molar-refractivity contribution is 6.46. The van der Waals surface area contributed by atoms with Crippen LogP contribution in [0.4, 0.5) is 0 Å². The van der Waals surface area contributed by atoms with Gasteiger partial charge < -0.3 is 24.2 Å². The fourth-order valence-corrected chi connectivity index (χ4v) is 4.40. The van der Waals surface area contributed by atoms with Crippen molar-refractivity contribution >= 4 is 23.4 Å². The SMILES string of the molecule is COCCN1C(=O)C(=O)/C(=C(/O)c2ccc(OCc3cccc(C)c3)cc2)[C@H]1c1ccc(C(=O)OC)cc1. The third kappa shape index (κ3) is 5.60. The first-order valence-corrected chi connectivity index (χ1v) is 12.1. The molecule has 8 heteroatoms. The van der Waals surface area contributed by atoms with Crippen LogP contribution in [-0.4, -0.2) is 55.0 Å². The Balaban J connectivity index is 1.65. The maximum absolute atomic E-state index is 13.1. The van der Waals surface area contributed by atoms with Gasteiger partial charge in [-0.2, -0.15) is 0 Å². The minimum Gasteiger partial charge on any atom is -0.507 e. The fourth-order valence-electron chi connectivity index (χ4n) is 4.40. The zero-order valence-electron chi connectivity index (χ0n) is 21.5. The number of methoxy groups -OCH3 is 2. The number of hydrogen-bond acceptors (Lipinski definition) is 7. The van der Waals surface area contributed by atoms with E-state index in [0.717, 1.165) is 11.1 Å². The van der Waals surface area contributed by atoms with Gasteiger partial charge in [0.1, 0.15) is 18.1 Å². The first kappa shape index (κ1) is 26.6. The van der Waals surface area contributed by atoms with E-state index in [1.54, 1.807) is 48.5 Å². The van der Waals surface area contributed by atoms with Crippen molar-refractivity contribution in [3.63, 3.8) is 0 Å². The number of ether oxygens (including phenoxy) is 3. The predicted octanol–water partition coefficient (Wildman–Crippen LogP) is 4.43. The number of esters is 1. The summed E-state index contributed by atoms with van der Waals surface area (Å²) < 4.78 is 15.7. The second kappa shape index (κ2) is 11.7. The van der Waals surface area contributed by atoms with Gasteiger partial charge in [0.05, 0.1) is 30.9 Å². The molecule has 1 N–H and O–H groups in total. The summed E-state index contributed by atoms with van der Waals surface area (Å²) in [5, 5.41) is 11.2. The molecule has 1 amide bonds. The van der Waals surface area contributed by atoms with E-state index in [2.05, 4.69) is 0 Å². The van der Waals surface area contributed by atoms with Crippen molar-refractivity contribution in [3.8, 4) is 5.75 Å². The lowest BCUT2D eigenvalue weighted by Crippen LogP contribution is -2.32. The molecule has 0 bridgehead atoms. The number of rotatable bonds is 9. The van der Waals surface area contributed by atoms with Gasteiger partial charge in [-0.25, -0.2) is 4.79 Å². The van der Waals surface area contributed by atoms with E-state index < -0.39 is 23.7 Å². The summed E-state index contributed by atoms with van der Waals surface area (Å²) in [5.41, 5.74) is 3.40. The Morgan fingerprint density at radius 2 is 1.63 bits per heavy atom. The molecule has 0 spiro atoms. The number of carbonyl (C=O) groups excluding carboxylic acids is 3. The Labute approximate surface area is 221 Å². The van der Waals surface area contributed by atoms with Crippen LogP contribution < -0.4 is 4.74 Å². The number of likely N-dealkylation sites (tertiary alicyclic amines) is 1. The summed E-state index contributed by atoms with van der Waals surface area (Å²) in [6, 6.07) is 20.2. The van der Waals surface area contributed by atoms with Crippen LogP contribution in [0.15, 0.2) is 78.4 Å². The lowest BCUT2D eigenvalue weighted by molar-refractivity contribution is -0.140. The van der Waals surface area contributed by atoms with Crippen molar-refractivity contribution in [3.05, 3.63) is 106 Å². The van der Waals surface area contributed by atoms with Crippen molar-refractivity contribution < 1.29 is 33.7 Å². The van der Waals surface area contributed by atoms with Crippen LogP contribution in [-0.2, 0) is 25.7 Å². The zero-order chi connectivity index (χ0) is 27.2. The van der Waals surface area contributed by atoms with Crippen molar-refractivity contribution in [2.75, 3.05) is 27.4 Å². The highest BCUT2D eigenvalue weighted by atomic mass is 16.5. The van der Waals surface area contributed by atoms with Gasteiger partial charge in [0, 0.05) is 19.2 Å². The van der Waals surface area contributed by atoms with Crippen LogP contribution in [0.5, 0.6) is 5.75 Å². The van der Waals surface area contributed by atoms with E-state index in [-0.39, 0.29) is 24.5 Å². The molecule has 3 aromatic rings. The maximum atomic E-state index is 13.1. The largest absolute Gasteiger partial charge is 0.507 e.